The third kappa shape index (κ3) is 8.76. The van der Waals surface area contributed by atoms with Crippen molar-refractivity contribution in [2.45, 2.75) is 57.6 Å². The fraction of sp³-hybridized carbons (Fsp3) is 0.550. The number of alkyl carbamates (subject to hydrolysis) is 1. The van der Waals surface area contributed by atoms with Crippen molar-refractivity contribution in [1.29, 1.82) is 0 Å². The van der Waals surface area contributed by atoms with Gasteiger partial charge in [-0.05, 0) is 0 Å². The topological polar surface area (TPSA) is 93.7 Å². The molecule has 0 bridgehead atoms. The van der Waals surface area contributed by atoms with Crippen LogP contribution in [0.15, 0.2) is 30.3 Å². The van der Waals surface area contributed by atoms with Gasteiger partial charge in [0.15, 0.2) is 0 Å². The Labute approximate surface area is 173 Å². The molecule has 1 aromatic rings. The molecule has 0 saturated carbocycles. The maximum absolute atomic E-state index is 12.8. The molecule has 0 fully saturated rings. The van der Waals surface area contributed by atoms with Crippen molar-refractivity contribution in [3.05, 3.63) is 30.3 Å². The van der Waals surface area contributed by atoms with Crippen molar-refractivity contribution >= 4 is 37.4 Å². The predicted octanol–water partition coefficient (Wildman–Crippen LogP) is 1.64. The molecule has 0 aliphatic rings. The zero-order valence-corrected chi connectivity index (χ0v) is 19.0. The van der Waals surface area contributed by atoms with E-state index in [1.807, 2.05) is 44.2 Å². The van der Waals surface area contributed by atoms with Crippen molar-refractivity contribution in [3.8, 4) is 0 Å². The normalized spacial score (nSPS) is 13.4. The van der Waals surface area contributed by atoms with Crippen molar-refractivity contribution in [2.75, 3.05) is 7.11 Å². The molecule has 0 unspecified atom stereocenters. The number of carbonyl (C=O) groups excluding carboxylic acids is 3. The summed E-state index contributed by atoms with van der Waals surface area (Å²) in [5.41, 5.74) is -0.678. The molecule has 0 heterocycles. The quantitative estimate of drug-likeness (QED) is 0.457. The molecule has 7 nitrogen and oxygen atoms in total. The Morgan fingerprint density at radius 2 is 1.68 bits per heavy atom. The van der Waals surface area contributed by atoms with Crippen molar-refractivity contribution in [1.82, 2.24) is 10.6 Å². The van der Waals surface area contributed by atoms with Crippen LogP contribution in [-0.4, -0.2) is 57.7 Å². The second-order valence-electron chi connectivity index (χ2n) is 7.58. The summed E-state index contributed by atoms with van der Waals surface area (Å²) in [6, 6.07) is 8.14. The summed E-state index contributed by atoms with van der Waals surface area (Å²) in [5, 5.41) is 5.76. The van der Waals surface area contributed by atoms with Crippen molar-refractivity contribution in [2.24, 2.45) is 5.92 Å². The van der Waals surface area contributed by atoms with Gasteiger partial charge in [0.1, 0.15) is 0 Å². The van der Waals surface area contributed by atoms with Crippen molar-refractivity contribution in [3.63, 3.8) is 0 Å². The van der Waals surface area contributed by atoms with Crippen LogP contribution in [0, 0.1) is 5.92 Å². The number of carbonyl (C=O) groups is 3. The van der Waals surface area contributed by atoms with E-state index in [0.717, 1.165) is 4.46 Å². The summed E-state index contributed by atoms with van der Waals surface area (Å²) < 4.78 is 11.1. The average Bonchev–Trinajstić information content (AvgIpc) is 2.61. The average molecular weight is 457 g/mol. The summed E-state index contributed by atoms with van der Waals surface area (Å²) in [7, 11) is 1.28. The van der Waals surface area contributed by atoms with Gasteiger partial charge in [0.2, 0.25) is 0 Å². The fourth-order valence-electron chi connectivity index (χ4n) is 2.21. The standard InChI is InChI=1S/C20H30N2O5Se/c1-13(2)16(18(24)26-6)22-17(23)15(21-19(25)27-20(3,4)5)12-28-14-10-8-7-9-11-14/h7-11,13,15-16H,12H2,1-6H3,(H,21,25)(H,22,23)/t15-,16-/m0/s1. The van der Waals surface area contributed by atoms with Crippen LogP contribution in [0.1, 0.15) is 34.6 Å². The first-order chi connectivity index (χ1) is 13.0. The Balaban J connectivity index is 2.89. The van der Waals surface area contributed by atoms with Gasteiger partial charge < -0.3 is 0 Å². The Morgan fingerprint density at radius 1 is 1.07 bits per heavy atom. The summed E-state index contributed by atoms with van der Waals surface area (Å²) in [6.45, 7) is 8.88. The molecule has 156 valence electrons. The van der Waals surface area contributed by atoms with Crippen LogP contribution in [0.3, 0.4) is 0 Å². The maximum atomic E-state index is 12.8. The number of hydrogen-bond acceptors (Lipinski definition) is 5. The molecule has 0 radical (unpaired) electrons. The second-order valence-corrected chi connectivity index (χ2v) is 9.87. The van der Waals surface area contributed by atoms with Crippen LogP contribution in [0.5, 0.6) is 0 Å². The number of amides is 2. The third-order valence-corrected chi connectivity index (χ3v) is 5.91. The third-order valence-electron chi connectivity index (χ3n) is 3.59. The molecular weight excluding hydrogens is 427 g/mol. The van der Waals surface area contributed by atoms with Crippen LogP contribution in [0.2, 0.25) is 5.32 Å². The first kappa shape index (κ1) is 24.0. The van der Waals surface area contributed by atoms with Gasteiger partial charge in [-0.3, -0.25) is 0 Å². The predicted molar refractivity (Wildman–Crippen MR) is 109 cm³/mol. The number of ether oxygens (including phenoxy) is 2. The van der Waals surface area contributed by atoms with E-state index in [9.17, 15) is 14.4 Å². The van der Waals surface area contributed by atoms with Crippen LogP contribution in [0.25, 0.3) is 0 Å². The number of nitrogens with one attached hydrogen (secondary N) is 2. The molecule has 0 aromatic heterocycles. The summed E-state index contributed by atoms with van der Waals surface area (Å²) in [6.07, 6.45) is -0.671. The Hall–Kier alpha value is -2.05. The minimum absolute atomic E-state index is 0.0448. The Bertz CT molecular complexity index is 658. The van der Waals surface area contributed by atoms with Crippen LogP contribution < -0.4 is 15.1 Å². The van der Waals surface area contributed by atoms with E-state index < -0.39 is 35.7 Å². The summed E-state index contributed by atoms with van der Waals surface area (Å²) in [4.78, 5) is 37.0. The number of rotatable bonds is 8. The fourth-order valence-corrected chi connectivity index (χ4v) is 4.19. The van der Waals surface area contributed by atoms with E-state index in [1.165, 1.54) is 7.11 Å². The van der Waals surface area contributed by atoms with Crippen LogP contribution in [0.4, 0.5) is 4.79 Å². The van der Waals surface area contributed by atoms with Gasteiger partial charge in [0.25, 0.3) is 0 Å². The van der Waals surface area contributed by atoms with Crippen molar-refractivity contribution < 1.29 is 23.9 Å². The molecular formula is C20H30N2O5Se. The molecule has 0 aliphatic heterocycles. The summed E-state index contributed by atoms with van der Waals surface area (Å²) in [5.74, 6) is -1.11. The zero-order chi connectivity index (χ0) is 21.3. The summed E-state index contributed by atoms with van der Waals surface area (Å²) >= 11 is -0.0448. The molecule has 2 N–H and O–H groups in total. The van der Waals surface area contributed by atoms with Gasteiger partial charge in [-0.25, -0.2) is 0 Å². The number of benzene rings is 1. The van der Waals surface area contributed by atoms with Gasteiger partial charge in [-0.1, -0.05) is 0 Å². The van der Waals surface area contributed by atoms with E-state index >= 15 is 0 Å². The molecule has 0 saturated heterocycles. The second kappa shape index (κ2) is 11.1. The van der Waals surface area contributed by atoms with E-state index in [0.29, 0.717) is 5.32 Å². The van der Waals surface area contributed by atoms with Crippen LogP contribution >= 0.6 is 0 Å². The molecule has 2 amide bonds. The van der Waals surface area contributed by atoms with Gasteiger partial charge in [0.05, 0.1) is 0 Å². The Morgan fingerprint density at radius 3 is 2.18 bits per heavy atom. The van der Waals surface area contributed by atoms with E-state index in [1.54, 1.807) is 20.8 Å². The van der Waals surface area contributed by atoms with Gasteiger partial charge in [-0.15, -0.1) is 0 Å². The van der Waals surface area contributed by atoms with Gasteiger partial charge in [-0.2, -0.15) is 0 Å². The van der Waals surface area contributed by atoms with E-state index in [4.69, 9.17) is 9.47 Å². The first-order valence-corrected chi connectivity index (χ1v) is 11.2. The molecule has 1 rings (SSSR count). The molecule has 8 heteroatoms. The first-order valence-electron chi connectivity index (χ1n) is 9.09. The van der Waals surface area contributed by atoms with E-state index in [2.05, 4.69) is 10.6 Å². The van der Waals surface area contributed by atoms with E-state index in [-0.39, 0.29) is 20.9 Å². The molecule has 0 aliphatic carbocycles. The Kier molecular flexibility index (Phi) is 9.49. The van der Waals surface area contributed by atoms with Gasteiger partial charge in [0, 0.05) is 0 Å². The molecule has 1 aromatic carbocycles. The number of hydrogen-bond donors (Lipinski definition) is 2. The number of methoxy groups -OCH3 is 1. The van der Waals surface area contributed by atoms with Gasteiger partial charge >= 0.3 is 173 Å². The SMILES string of the molecule is COC(=O)[C@@H](NC(=O)[C@H](C[Se]c1ccccc1)NC(=O)OC(C)(C)C)C(C)C. The number of esters is 1. The molecule has 28 heavy (non-hydrogen) atoms. The molecule has 0 spiro atoms. The monoisotopic (exact) mass is 458 g/mol. The zero-order valence-electron chi connectivity index (χ0n) is 17.3. The van der Waals surface area contributed by atoms with Crippen LogP contribution in [-0.2, 0) is 19.1 Å². The molecule has 2 atom stereocenters. The minimum atomic E-state index is -0.819.